The van der Waals surface area contributed by atoms with E-state index in [-0.39, 0.29) is 33.8 Å². The van der Waals surface area contributed by atoms with Crippen LogP contribution in [0, 0.1) is 56.7 Å². The summed E-state index contributed by atoms with van der Waals surface area (Å²) in [7, 11) is -3.24. The molecule has 7 aliphatic rings. The number of allylic oxidation sites excluding steroid dienone is 5. The molecule has 1 aromatic carbocycles. The zero-order valence-corrected chi connectivity index (χ0v) is 39.4. The van der Waals surface area contributed by atoms with E-state index in [9.17, 15) is 22.7 Å². The summed E-state index contributed by atoms with van der Waals surface area (Å²) in [6, 6.07) is 9.65. The second kappa shape index (κ2) is 16.0. The Balaban J connectivity index is 0.987. The molecule has 338 valence electrons. The van der Waals surface area contributed by atoms with Crippen molar-refractivity contribution in [3.8, 4) is 0 Å². The Kier molecular flexibility index (Phi) is 11.9. The Morgan fingerprint density at radius 1 is 0.902 bits per heavy atom. The fraction of sp³-hybridized carbons (Fsp3) is 0.750. The minimum Gasteiger partial charge on any atom is -0.460 e. The number of nitrogens with one attached hydrogen (secondary N) is 1. The van der Waals surface area contributed by atoms with Gasteiger partial charge in [0.25, 0.3) is 0 Å². The highest BCUT2D eigenvalue weighted by Crippen LogP contribution is 2.76. The minimum absolute atomic E-state index is 0.0327. The third kappa shape index (κ3) is 7.47. The molecule has 1 heterocycles. The van der Waals surface area contributed by atoms with Crippen LogP contribution in [0.3, 0.4) is 0 Å². The van der Waals surface area contributed by atoms with Gasteiger partial charge < -0.3 is 15.2 Å². The van der Waals surface area contributed by atoms with Gasteiger partial charge in [-0.1, -0.05) is 89.3 Å². The summed E-state index contributed by atoms with van der Waals surface area (Å²) in [5.41, 5.74) is 3.64. The maximum atomic E-state index is 14.8. The molecule has 2 N–H and O–H groups in total. The summed E-state index contributed by atoms with van der Waals surface area (Å²) in [5.74, 6) is 2.36. The molecule has 1 aromatic rings. The number of hydrogen-bond donors (Lipinski definition) is 2. The Bertz CT molecular complexity index is 2020. The molecule has 0 amide bonds. The summed E-state index contributed by atoms with van der Waals surface area (Å²) in [5, 5.41) is 15.8. The Morgan fingerprint density at radius 2 is 1.62 bits per heavy atom. The van der Waals surface area contributed by atoms with Crippen LogP contribution in [0.5, 0.6) is 0 Å². The van der Waals surface area contributed by atoms with Gasteiger partial charge >= 0.3 is 5.97 Å². The predicted molar refractivity (Wildman–Crippen MR) is 243 cm³/mol. The van der Waals surface area contributed by atoms with Crippen LogP contribution in [0.4, 0.5) is 4.39 Å². The standard InChI is InChI=1S/C52H77FN2O5S/c1-36(2)39-18-25-52(54-31-28-51(57)29-32-55(33-30-51)61(8,58)59)27-26-48(6)41(44(39)52)14-15-43-47(5)21-19-40(46(3,4)42(47)20-22-49(43,48)7)38-16-23-50(35-53,24-17-38)45(56)60-34-37-12-10-9-11-13-37/h9-13,16,19,39,41-44,54,57H,1,14-15,17-18,20-35H2,2-8H3. The van der Waals surface area contributed by atoms with Crippen LogP contribution in [0.15, 0.2) is 65.8 Å². The van der Waals surface area contributed by atoms with Crippen LogP contribution in [0.1, 0.15) is 143 Å². The molecule has 10 atom stereocenters. The molecule has 0 bridgehead atoms. The predicted octanol–water partition coefficient (Wildman–Crippen LogP) is 10.5. The molecule has 10 unspecified atom stereocenters. The molecule has 8 rings (SSSR count). The van der Waals surface area contributed by atoms with E-state index < -0.39 is 33.7 Å². The van der Waals surface area contributed by atoms with Crippen molar-refractivity contribution in [1.82, 2.24) is 9.62 Å². The van der Waals surface area contributed by atoms with Crippen LogP contribution in [0.25, 0.3) is 0 Å². The maximum absolute atomic E-state index is 14.8. The highest BCUT2D eigenvalue weighted by Gasteiger charge is 2.70. The summed E-state index contributed by atoms with van der Waals surface area (Å²) >= 11 is 0. The Hall–Kier alpha value is -2.33. The summed E-state index contributed by atoms with van der Waals surface area (Å²) in [6.07, 6.45) is 19.9. The van der Waals surface area contributed by atoms with Crippen molar-refractivity contribution in [2.45, 2.75) is 156 Å². The summed E-state index contributed by atoms with van der Waals surface area (Å²) in [4.78, 5) is 13.4. The second-order valence-electron chi connectivity index (χ2n) is 22.9. The number of alkyl halides is 1. The van der Waals surface area contributed by atoms with E-state index in [1.54, 1.807) is 0 Å². The first-order valence-electron chi connectivity index (χ1n) is 23.9. The maximum Gasteiger partial charge on any atom is 0.315 e. The van der Waals surface area contributed by atoms with Crippen molar-refractivity contribution in [2.75, 3.05) is 32.6 Å². The highest BCUT2D eigenvalue weighted by atomic mass is 32.2. The number of fused-ring (bicyclic) bond motifs is 7. The fourth-order valence-electron chi connectivity index (χ4n) is 16.0. The van der Waals surface area contributed by atoms with Crippen molar-refractivity contribution in [3.05, 3.63) is 71.3 Å². The van der Waals surface area contributed by atoms with Crippen molar-refractivity contribution < 1.29 is 27.4 Å². The first kappa shape index (κ1) is 45.2. The number of hydrogen-bond acceptors (Lipinski definition) is 6. The number of ether oxygens (including phenoxy) is 1. The van der Waals surface area contributed by atoms with E-state index in [1.165, 1.54) is 65.8 Å². The number of aliphatic hydroxyl groups is 1. The van der Waals surface area contributed by atoms with Gasteiger partial charge in [0.2, 0.25) is 10.0 Å². The number of benzene rings is 1. The monoisotopic (exact) mass is 861 g/mol. The topological polar surface area (TPSA) is 95.9 Å². The van der Waals surface area contributed by atoms with E-state index in [0.29, 0.717) is 81.2 Å². The van der Waals surface area contributed by atoms with E-state index in [2.05, 4.69) is 65.6 Å². The van der Waals surface area contributed by atoms with Crippen LogP contribution in [0.2, 0.25) is 0 Å². The molecule has 7 nitrogen and oxygen atoms in total. The number of halogens is 1. The van der Waals surface area contributed by atoms with Gasteiger partial charge in [0.15, 0.2) is 0 Å². The van der Waals surface area contributed by atoms with Crippen molar-refractivity contribution in [1.29, 1.82) is 0 Å². The number of esters is 1. The largest absolute Gasteiger partial charge is 0.460 e. The van der Waals surface area contributed by atoms with E-state index >= 15 is 0 Å². The van der Waals surface area contributed by atoms with Crippen molar-refractivity contribution in [3.63, 3.8) is 0 Å². The van der Waals surface area contributed by atoms with Gasteiger partial charge in [0.05, 0.1) is 17.3 Å². The van der Waals surface area contributed by atoms with Crippen LogP contribution in [-0.4, -0.2) is 67.5 Å². The molecule has 6 aliphatic carbocycles. The number of carbonyl (C=O) groups is 1. The molecule has 1 aliphatic heterocycles. The zero-order chi connectivity index (χ0) is 43.9. The van der Waals surface area contributed by atoms with Gasteiger partial charge in [-0.3, -0.25) is 4.79 Å². The molecule has 9 heteroatoms. The highest BCUT2D eigenvalue weighted by molar-refractivity contribution is 7.88. The molecule has 61 heavy (non-hydrogen) atoms. The van der Waals surface area contributed by atoms with Gasteiger partial charge in [-0.05, 0) is 178 Å². The zero-order valence-electron chi connectivity index (χ0n) is 38.6. The molecular formula is C52H77FN2O5S. The van der Waals surface area contributed by atoms with Gasteiger partial charge in [-0.25, -0.2) is 17.1 Å². The number of nitrogens with zero attached hydrogens (tertiary/aromatic N) is 1. The van der Waals surface area contributed by atoms with Crippen LogP contribution in [-0.2, 0) is 26.2 Å². The van der Waals surface area contributed by atoms with Gasteiger partial charge in [-0.2, -0.15) is 0 Å². The lowest BCUT2D eigenvalue weighted by Gasteiger charge is -2.72. The molecule has 0 radical (unpaired) electrons. The van der Waals surface area contributed by atoms with E-state index in [1.807, 2.05) is 30.3 Å². The fourth-order valence-corrected chi connectivity index (χ4v) is 16.9. The number of piperidine rings is 1. The number of rotatable bonds is 11. The second-order valence-corrected chi connectivity index (χ2v) is 24.8. The van der Waals surface area contributed by atoms with Crippen molar-refractivity contribution in [2.24, 2.45) is 56.7 Å². The Morgan fingerprint density at radius 3 is 2.26 bits per heavy atom. The first-order valence-corrected chi connectivity index (χ1v) is 25.8. The average molecular weight is 861 g/mol. The lowest BCUT2D eigenvalue weighted by Crippen LogP contribution is -2.68. The van der Waals surface area contributed by atoms with E-state index in [4.69, 9.17) is 4.74 Å². The number of carbonyl (C=O) groups excluding carboxylic acids is 1. The summed E-state index contributed by atoms with van der Waals surface area (Å²) < 4.78 is 46.3. The van der Waals surface area contributed by atoms with Gasteiger partial charge in [0.1, 0.15) is 13.3 Å². The van der Waals surface area contributed by atoms with Crippen LogP contribution >= 0.6 is 0 Å². The van der Waals surface area contributed by atoms with Gasteiger partial charge in [-0.15, -0.1) is 0 Å². The quantitative estimate of drug-likeness (QED) is 0.170. The third-order valence-corrected chi connectivity index (χ3v) is 21.0. The lowest BCUT2D eigenvalue weighted by atomic mass is 9.33. The first-order chi connectivity index (χ1) is 28.7. The van der Waals surface area contributed by atoms with E-state index in [0.717, 1.165) is 31.4 Å². The minimum atomic E-state index is -3.24. The Labute approximate surface area is 367 Å². The smallest absolute Gasteiger partial charge is 0.315 e. The van der Waals surface area contributed by atoms with Crippen molar-refractivity contribution >= 4 is 16.0 Å². The molecule has 5 fully saturated rings. The molecular weight excluding hydrogens is 784 g/mol. The summed E-state index contributed by atoms with van der Waals surface area (Å²) in [6.45, 7) is 20.8. The molecule has 0 aromatic heterocycles. The normalized spacial score (nSPS) is 40.6. The molecule has 0 spiro atoms. The average Bonchev–Trinajstić information content (AvgIpc) is 3.60. The SMILES string of the molecule is C=C(C)C1CCC2(NCCC3(O)CCN(S(C)(=O)=O)CC3)CCC3(C)C(CCC4C5(C)CC=C(C6=CCC(CF)(C(=O)OCc7ccccc7)CC6)C(C)(C)C5CCC43C)C12. The van der Waals surface area contributed by atoms with Crippen LogP contribution < -0.4 is 5.32 Å². The molecule has 4 saturated carbocycles. The van der Waals surface area contributed by atoms with Gasteiger partial charge in [0, 0.05) is 18.6 Å². The molecule has 1 saturated heterocycles. The lowest BCUT2D eigenvalue weighted by molar-refractivity contribution is -0.221. The third-order valence-electron chi connectivity index (χ3n) is 19.7. The number of sulfonamides is 1.